The number of ketones is 1. The number of carbonyl (C=O) groups excluding carboxylic acids is 6. The minimum atomic E-state index is -2.09. The number of ether oxygens (including phenoxy) is 21. The lowest BCUT2D eigenvalue weighted by atomic mass is 9.95. The Hall–Kier alpha value is -6.94. The highest BCUT2D eigenvalue weighted by atomic mass is 16.8. The maximum atomic E-state index is 13.6. The van der Waals surface area contributed by atoms with Crippen molar-refractivity contribution in [3.05, 3.63) is 42.0 Å². The first-order chi connectivity index (χ1) is 70.5. The molecule has 9 aliphatic rings. The maximum absolute atomic E-state index is 13.6. The molecule has 18 unspecified atom stereocenters. The molecule has 9 fully saturated rings. The van der Waals surface area contributed by atoms with E-state index in [-0.39, 0.29) is 82.3 Å². The minimum absolute atomic E-state index is 0.00632. The molecule has 32 N–H and O–H groups in total. The maximum Gasteiger partial charge on any atom is 0.257 e. The molecule has 45 atom stereocenters. The average Bonchev–Trinajstić information content (AvgIpc) is 0.775. The Labute approximate surface area is 843 Å². The van der Waals surface area contributed by atoms with Gasteiger partial charge in [-0.25, -0.2) is 0 Å². The van der Waals surface area contributed by atoms with Crippen molar-refractivity contribution in [1.29, 1.82) is 0 Å². The molecule has 2 aromatic rings. The predicted octanol–water partition coefficient (Wildman–Crippen LogP) is -17.6. The zero-order chi connectivity index (χ0) is 108. The second-order valence-electron chi connectivity index (χ2n) is 36.8. The fourth-order valence-electron chi connectivity index (χ4n) is 17.9. The lowest BCUT2D eigenvalue weighted by molar-refractivity contribution is -0.376. The number of amides is 5. The van der Waals surface area contributed by atoms with Crippen LogP contribution in [0, 0.1) is 6.92 Å². The van der Waals surface area contributed by atoms with Crippen LogP contribution in [0.3, 0.4) is 0 Å². The summed E-state index contributed by atoms with van der Waals surface area (Å²) in [5.74, 6) is -3.78. The van der Waals surface area contributed by atoms with Crippen molar-refractivity contribution in [2.24, 2.45) is 0 Å². The molecule has 0 aliphatic carbocycles. The van der Waals surface area contributed by atoms with Crippen LogP contribution in [0.4, 0.5) is 0 Å². The first-order valence-electron chi connectivity index (χ1n) is 48.0. The van der Waals surface area contributed by atoms with E-state index in [1.54, 1.807) is 25.1 Å². The number of hydrogen-bond acceptors (Lipinski definition) is 54. The molecule has 0 bridgehead atoms. The van der Waals surface area contributed by atoms with Crippen LogP contribution in [0.5, 0.6) is 17.2 Å². The van der Waals surface area contributed by atoms with Gasteiger partial charge in [-0.1, -0.05) is 6.07 Å². The fraction of sp³-hybridized carbons (Fsp3) is 0.798. The van der Waals surface area contributed by atoms with Crippen molar-refractivity contribution >= 4 is 35.3 Å². The molecule has 0 spiro atoms. The molecule has 9 saturated heterocycles. The van der Waals surface area contributed by atoms with Crippen molar-refractivity contribution in [1.82, 2.24) is 26.6 Å². The number of aliphatic hydroxyl groups excluding tert-OH is 27. The summed E-state index contributed by atoms with van der Waals surface area (Å²) in [4.78, 5) is 78.6. The summed E-state index contributed by atoms with van der Waals surface area (Å²) in [6.07, 6.45) is -75.3. The minimum Gasteiger partial charge on any atom is -0.486 e. The zero-order valence-corrected chi connectivity index (χ0v) is 80.6. The van der Waals surface area contributed by atoms with E-state index in [4.69, 9.17) is 99.5 Å². The van der Waals surface area contributed by atoms with Gasteiger partial charge in [0.15, 0.2) is 75.6 Å². The molecule has 11 rings (SSSR count). The third kappa shape index (κ3) is 30.7. The van der Waals surface area contributed by atoms with Crippen molar-refractivity contribution in [2.75, 3.05) is 112 Å². The van der Waals surface area contributed by atoms with Gasteiger partial charge < -0.3 is 264 Å². The highest BCUT2D eigenvalue weighted by Crippen LogP contribution is 2.41. The zero-order valence-electron chi connectivity index (χ0n) is 80.6. The van der Waals surface area contributed by atoms with Crippen LogP contribution in [-0.2, 0) is 114 Å². The normalized spacial score (nSPS) is 39.7. The van der Waals surface area contributed by atoms with E-state index in [2.05, 4.69) is 26.6 Å². The third-order valence-corrected chi connectivity index (χ3v) is 25.8. The first kappa shape index (κ1) is 121. The van der Waals surface area contributed by atoms with E-state index >= 15 is 0 Å². The summed E-state index contributed by atoms with van der Waals surface area (Å²) < 4.78 is 122. The highest BCUT2D eigenvalue weighted by molar-refractivity contribution is 5.80. The predicted molar refractivity (Wildman–Crippen MR) is 477 cm³/mol. The number of rotatable bonds is 50. The second kappa shape index (κ2) is 57.0. The number of aryl methyl sites for hydroxylation is 1. The summed E-state index contributed by atoms with van der Waals surface area (Å²) in [6.45, 7) is -5.88. The third-order valence-electron chi connectivity index (χ3n) is 25.8. The fourth-order valence-corrected chi connectivity index (χ4v) is 17.9. The second-order valence-corrected chi connectivity index (χ2v) is 36.8. The van der Waals surface area contributed by atoms with Gasteiger partial charge in [0.05, 0.1) is 72.7 Å². The molecule has 5 amide bonds. The highest BCUT2D eigenvalue weighted by Gasteiger charge is 2.60. The summed E-state index contributed by atoms with van der Waals surface area (Å²) in [6, 6.07) is 4.81. The molecular weight excluding hydrogens is 2000 g/mol. The van der Waals surface area contributed by atoms with E-state index in [0.717, 1.165) is 20.8 Å². The number of Topliss-reactive ketones (excluding diaryl/α,β-unsaturated/α-hetero) is 1. The topological polar surface area (TPSA) is 903 Å². The van der Waals surface area contributed by atoms with E-state index < -0.39 is 391 Å². The van der Waals surface area contributed by atoms with Crippen LogP contribution in [0.2, 0.25) is 0 Å². The molecule has 59 heteroatoms. The number of benzene rings is 2. The molecular formula is C89H139N5O54. The van der Waals surface area contributed by atoms with Crippen LogP contribution in [0.25, 0.3) is 11.1 Å². The van der Waals surface area contributed by atoms with Crippen LogP contribution in [0.1, 0.15) is 58.4 Å². The van der Waals surface area contributed by atoms with Crippen molar-refractivity contribution in [2.45, 2.75) is 336 Å². The Morgan fingerprint density at radius 2 is 0.527 bits per heavy atom. The van der Waals surface area contributed by atoms with Gasteiger partial charge in [0.1, 0.15) is 243 Å². The largest absolute Gasteiger partial charge is 0.486 e. The molecule has 0 aromatic heterocycles. The molecule has 59 nitrogen and oxygen atoms in total. The van der Waals surface area contributed by atoms with E-state index in [0.29, 0.717) is 16.7 Å². The first-order valence-corrected chi connectivity index (χ1v) is 48.0. The van der Waals surface area contributed by atoms with E-state index in [1.807, 2.05) is 0 Å². The molecule has 9 heterocycles. The lowest BCUT2D eigenvalue weighted by Gasteiger charge is -2.48. The lowest BCUT2D eigenvalue weighted by Crippen LogP contribution is -2.68. The summed E-state index contributed by atoms with van der Waals surface area (Å²) in [5.41, 5.74) is 1.36. The Kier molecular flexibility index (Phi) is 46.7. The summed E-state index contributed by atoms with van der Waals surface area (Å²) in [7, 11) is 0. The van der Waals surface area contributed by atoms with Gasteiger partial charge in [-0.2, -0.15) is 0 Å². The quantitative estimate of drug-likeness (QED) is 0.0274. The Balaban J connectivity index is 0.703. The Morgan fingerprint density at radius 1 is 0.270 bits per heavy atom. The monoisotopic (exact) mass is 2140 g/mol. The van der Waals surface area contributed by atoms with E-state index in [1.165, 1.54) is 18.2 Å². The van der Waals surface area contributed by atoms with Gasteiger partial charge in [0.25, 0.3) is 11.8 Å². The van der Waals surface area contributed by atoms with Gasteiger partial charge in [-0.3, -0.25) is 28.8 Å². The Morgan fingerprint density at radius 3 is 0.824 bits per heavy atom. The smallest absolute Gasteiger partial charge is 0.257 e. The van der Waals surface area contributed by atoms with Gasteiger partial charge in [-0.15, -0.1) is 0 Å². The molecule has 844 valence electrons. The van der Waals surface area contributed by atoms with Crippen LogP contribution < -0.4 is 40.8 Å². The van der Waals surface area contributed by atoms with Gasteiger partial charge in [-0.05, 0) is 73.6 Å². The SMILES string of the molecule is CC(=O)NC1[C@H](OCCCCC(=O)COc2cc(C)cc(-c3cc(OCC(=O)NCCCO[C@@H]4OC(CO)[C@@H](O[C@@H]5OC(CO)[C@H](O)[C@H](O[C@H]6OC(CO)[C@H](O)C(O)[C@@H]6O)C5O)[C@H](O)C4NC(C)=O)cc(OCC(=O)NCCCO[C@@H]4OC(CO)[C@@H](O[C@@H]5OC(CO)[C@H](O)[C@H](O[C@H]6OC(CO)[C@H](O)C(O)[C@@H]6O)C5O)[C@H](O)C4NC(C)=O)c3)c2)OC(CO)[C@@H](O[C@@H]2OC(CO)[C@H](O)[C@H](O[C@H]3OC(CO)[C@H](O)C(O)[C@@H]3O)C2O)[C@@H]1O. The van der Waals surface area contributed by atoms with Gasteiger partial charge in [0, 0.05) is 53.0 Å². The molecule has 9 aliphatic heterocycles. The number of unbranched alkanes of at least 4 members (excludes halogenated alkanes) is 1. The number of aliphatic hydroxyl groups is 27. The number of hydrogen-bond donors (Lipinski definition) is 32. The number of nitrogens with one attached hydrogen (secondary N) is 5. The number of carbonyl (C=O) groups is 6. The van der Waals surface area contributed by atoms with Crippen LogP contribution >= 0.6 is 0 Å². The van der Waals surface area contributed by atoms with Crippen LogP contribution in [0.15, 0.2) is 36.4 Å². The molecule has 0 saturated carbocycles. The van der Waals surface area contributed by atoms with Crippen molar-refractivity contribution < 1.29 is 266 Å². The summed E-state index contributed by atoms with van der Waals surface area (Å²) in [5, 5.41) is 301. The van der Waals surface area contributed by atoms with E-state index in [9.17, 15) is 167 Å². The molecule has 2 aromatic carbocycles. The average molecular weight is 2140 g/mol. The van der Waals surface area contributed by atoms with Gasteiger partial charge >= 0.3 is 0 Å². The standard InChI is InChI=1S/C89H139N5O54/c1-33-15-37(17-40(16-33)131-30-39(107)9-5-6-12-128-81-54(92-34(2)104)63(116)75(49(27-101)140-81)143-87-72(125)78(60(113)46(24-98)137-87)146-84-69(122)66(119)57(110)43(21-95)134-84)38-18-41(132-31-52(108)90-10-7-13-129-82-55(93-35(3)105)64(117)76(50(28-102)141-82)144-88-73(126)79(61(114)47(25-99)138-88)147-85-70(123)67(120)58(111)44(22-96)135-85)20-42(19-38)133-32-53(109)91-11-8-14-130-83-56(94-36(4)106)65(118)77(51(29-103)142-83)145-89-74(127)80(62(115)48(26-100)139-89)148-86-71(124)68(121)59(112)45(23-97)136-86/h15-20,43-51,54-89,95-103,110-127H,5-14,21-32H2,1-4H3,(H,90,108)(H,91,109)(H,92,104)(H,93,105)(H,94,106)/t43?,44?,45?,46?,47?,48?,49?,50?,51?,54?,55?,56?,57-,58-,59-,60-,61-,62-,63+,64+,65+,66?,67?,68?,69-,70-,71-,72?,73?,74?,75+,76+,77+,78-,79-,80-,81+,82+,83+,84+,85+,86+,87-,88-,89-/m0/s1. The van der Waals surface area contributed by atoms with Crippen molar-refractivity contribution in [3.8, 4) is 28.4 Å². The van der Waals surface area contributed by atoms with Crippen molar-refractivity contribution in [3.63, 3.8) is 0 Å². The van der Waals surface area contributed by atoms with Crippen LogP contribution in [-0.4, -0.2) is 562 Å². The molecule has 148 heavy (non-hydrogen) atoms. The summed E-state index contributed by atoms with van der Waals surface area (Å²) >= 11 is 0. The Bertz CT molecular complexity index is 4270. The molecule has 0 radical (unpaired) electrons. The van der Waals surface area contributed by atoms with Gasteiger partial charge in [0.2, 0.25) is 17.7 Å².